The Morgan fingerprint density at radius 2 is 1.70 bits per heavy atom. The van der Waals surface area contributed by atoms with Crippen molar-refractivity contribution in [3.05, 3.63) is 75.9 Å². The standard InChI is InChI=1S/C25H27N5/c1-15-12-16(2)22(17(3)13-15)23-19(5)28-30-24(23)27-18(4)21-9-11-29(25(21)30)14-20-8-6-7-10-26-20/h6-8,10,12-13H,9,11,14H2,1-5H3. The summed E-state index contributed by atoms with van der Waals surface area (Å²) < 4.78 is 2.07. The maximum atomic E-state index is 5.05. The van der Waals surface area contributed by atoms with Crippen LogP contribution in [0.4, 0.5) is 5.82 Å². The van der Waals surface area contributed by atoms with Crippen molar-refractivity contribution in [3.8, 4) is 11.1 Å². The van der Waals surface area contributed by atoms with E-state index >= 15 is 0 Å². The molecular formula is C25H27N5. The Morgan fingerprint density at radius 1 is 0.933 bits per heavy atom. The topological polar surface area (TPSA) is 46.3 Å². The highest BCUT2D eigenvalue weighted by molar-refractivity contribution is 5.85. The third kappa shape index (κ3) is 2.88. The minimum atomic E-state index is 0.781. The number of hydrogen-bond donors (Lipinski definition) is 0. The van der Waals surface area contributed by atoms with Gasteiger partial charge in [0.05, 0.1) is 23.5 Å². The average molecular weight is 398 g/mol. The highest BCUT2D eigenvalue weighted by Crippen LogP contribution is 2.38. The van der Waals surface area contributed by atoms with Crippen LogP contribution in [-0.2, 0) is 13.0 Å². The SMILES string of the molecule is Cc1cc(C)c(-c2c(C)nn3c4c(c(C)nc23)CCN4Cc2ccccn2)c(C)c1. The molecule has 1 aromatic carbocycles. The number of fused-ring (bicyclic) bond motifs is 3. The fraction of sp³-hybridized carbons (Fsp3) is 0.320. The van der Waals surface area contributed by atoms with Crippen LogP contribution < -0.4 is 4.90 Å². The van der Waals surface area contributed by atoms with Gasteiger partial charge in [0, 0.05) is 24.0 Å². The number of aromatic nitrogens is 4. The smallest absolute Gasteiger partial charge is 0.165 e. The minimum absolute atomic E-state index is 0.781. The Morgan fingerprint density at radius 3 is 2.40 bits per heavy atom. The lowest BCUT2D eigenvalue weighted by Gasteiger charge is -2.20. The summed E-state index contributed by atoms with van der Waals surface area (Å²) in [5.74, 6) is 1.17. The first kappa shape index (κ1) is 18.8. The van der Waals surface area contributed by atoms with Crippen LogP contribution in [0, 0.1) is 34.6 Å². The zero-order valence-corrected chi connectivity index (χ0v) is 18.3. The average Bonchev–Trinajstić information content (AvgIpc) is 3.24. The second-order valence-corrected chi connectivity index (χ2v) is 8.46. The molecule has 152 valence electrons. The molecule has 4 aromatic rings. The van der Waals surface area contributed by atoms with E-state index in [1.54, 1.807) is 0 Å². The third-order valence-electron chi connectivity index (χ3n) is 6.15. The molecule has 1 aliphatic heterocycles. The maximum absolute atomic E-state index is 5.05. The first-order chi connectivity index (χ1) is 14.4. The van der Waals surface area contributed by atoms with Crippen molar-refractivity contribution < 1.29 is 0 Å². The molecule has 0 amide bonds. The van der Waals surface area contributed by atoms with E-state index in [1.807, 2.05) is 18.3 Å². The van der Waals surface area contributed by atoms with Gasteiger partial charge in [-0.2, -0.15) is 9.61 Å². The number of rotatable bonds is 3. The van der Waals surface area contributed by atoms with Gasteiger partial charge in [-0.25, -0.2) is 4.98 Å². The third-order valence-corrected chi connectivity index (χ3v) is 6.15. The Balaban J connectivity index is 1.72. The van der Waals surface area contributed by atoms with Crippen molar-refractivity contribution in [2.24, 2.45) is 0 Å². The van der Waals surface area contributed by atoms with E-state index in [4.69, 9.17) is 10.1 Å². The molecule has 0 aliphatic carbocycles. The molecule has 5 rings (SSSR count). The Bertz CT molecular complexity index is 1250. The van der Waals surface area contributed by atoms with Gasteiger partial charge in [0.25, 0.3) is 0 Å². The summed E-state index contributed by atoms with van der Waals surface area (Å²) in [7, 11) is 0. The normalized spacial score (nSPS) is 13.3. The van der Waals surface area contributed by atoms with Crippen molar-refractivity contribution in [3.63, 3.8) is 0 Å². The largest absolute Gasteiger partial charge is 0.350 e. The monoisotopic (exact) mass is 397 g/mol. The summed E-state index contributed by atoms with van der Waals surface area (Å²) in [6, 6.07) is 10.6. The molecule has 0 N–H and O–H groups in total. The highest BCUT2D eigenvalue weighted by Gasteiger charge is 2.28. The van der Waals surface area contributed by atoms with Crippen molar-refractivity contribution >= 4 is 11.5 Å². The van der Waals surface area contributed by atoms with Crippen LogP contribution in [0.15, 0.2) is 36.5 Å². The Kier molecular flexibility index (Phi) is 4.35. The van der Waals surface area contributed by atoms with Gasteiger partial charge in [-0.05, 0) is 69.9 Å². The summed E-state index contributed by atoms with van der Waals surface area (Å²) in [5.41, 5.74) is 11.7. The van der Waals surface area contributed by atoms with Gasteiger partial charge in [0.2, 0.25) is 0 Å². The quantitative estimate of drug-likeness (QED) is 0.493. The van der Waals surface area contributed by atoms with Gasteiger partial charge in [0.1, 0.15) is 5.82 Å². The predicted octanol–water partition coefficient (Wildman–Crippen LogP) is 4.90. The van der Waals surface area contributed by atoms with Crippen molar-refractivity contribution in [2.45, 2.75) is 47.6 Å². The molecule has 0 radical (unpaired) electrons. The van der Waals surface area contributed by atoms with E-state index in [-0.39, 0.29) is 0 Å². The van der Waals surface area contributed by atoms with Crippen LogP contribution in [-0.4, -0.2) is 26.1 Å². The molecule has 5 heteroatoms. The van der Waals surface area contributed by atoms with Crippen LogP contribution in [0.5, 0.6) is 0 Å². The second kappa shape index (κ2) is 6.94. The lowest BCUT2D eigenvalue weighted by Crippen LogP contribution is -2.22. The van der Waals surface area contributed by atoms with Crippen molar-refractivity contribution in [1.29, 1.82) is 0 Å². The number of anilines is 1. The minimum Gasteiger partial charge on any atom is -0.350 e. The van der Waals surface area contributed by atoms with Crippen LogP contribution >= 0.6 is 0 Å². The second-order valence-electron chi connectivity index (χ2n) is 8.46. The van der Waals surface area contributed by atoms with Gasteiger partial charge in [-0.1, -0.05) is 23.8 Å². The van der Waals surface area contributed by atoms with Crippen LogP contribution in [0.3, 0.4) is 0 Å². The predicted molar refractivity (Wildman–Crippen MR) is 121 cm³/mol. The van der Waals surface area contributed by atoms with E-state index in [0.29, 0.717) is 0 Å². The molecule has 0 fully saturated rings. The van der Waals surface area contributed by atoms with Gasteiger partial charge in [-0.15, -0.1) is 0 Å². The van der Waals surface area contributed by atoms with E-state index in [1.165, 1.54) is 33.6 Å². The van der Waals surface area contributed by atoms with E-state index in [0.717, 1.165) is 47.8 Å². The number of aryl methyl sites for hydroxylation is 5. The first-order valence-electron chi connectivity index (χ1n) is 10.6. The van der Waals surface area contributed by atoms with Gasteiger partial charge >= 0.3 is 0 Å². The molecule has 30 heavy (non-hydrogen) atoms. The zero-order chi connectivity index (χ0) is 21.0. The van der Waals surface area contributed by atoms with Crippen molar-refractivity contribution in [1.82, 2.24) is 19.6 Å². The van der Waals surface area contributed by atoms with Gasteiger partial charge in [0.15, 0.2) is 5.65 Å². The maximum Gasteiger partial charge on any atom is 0.165 e. The highest BCUT2D eigenvalue weighted by atomic mass is 15.4. The van der Waals surface area contributed by atoms with E-state index in [9.17, 15) is 0 Å². The molecule has 0 atom stereocenters. The molecule has 0 spiro atoms. The molecule has 0 saturated carbocycles. The summed E-state index contributed by atoms with van der Waals surface area (Å²) in [5, 5.41) is 4.99. The zero-order valence-electron chi connectivity index (χ0n) is 18.3. The number of nitrogens with zero attached hydrogens (tertiary/aromatic N) is 5. The van der Waals surface area contributed by atoms with Crippen LogP contribution in [0.1, 0.15) is 39.3 Å². The molecule has 4 heterocycles. The number of pyridine rings is 1. The number of benzene rings is 1. The number of hydrogen-bond acceptors (Lipinski definition) is 4. The first-order valence-corrected chi connectivity index (χ1v) is 10.6. The summed E-state index contributed by atoms with van der Waals surface area (Å²) in [4.78, 5) is 12.0. The lowest BCUT2D eigenvalue weighted by molar-refractivity contribution is 0.780. The van der Waals surface area contributed by atoms with E-state index < -0.39 is 0 Å². The van der Waals surface area contributed by atoms with Crippen molar-refractivity contribution in [2.75, 3.05) is 11.4 Å². The van der Waals surface area contributed by atoms with Crippen LogP contribution in [0.2, 0.25) is 0 Å². The summed E-state index contributed by atoms with van der Waals surface area (Å²) >= 11 is 0. The van der Waals surface area contributed by atoms with E-state index in [2.05, 4.69) is 67.2 Å². The fourth-order valence-corrected chi connectivity index (χ4v) is 4.96. The van der Waals surface area contributed by atoms with Crippen LogP contribution in [0.25, 0.3) is 16.8 Å². The molecular weight excluding hydrogens is 370 g/mol. The summed E-state index contributed by atoms with van der Waals surface area (Å²) in [6.07, 6.45) is 2.85. The Labute approximate surface area is 177 Å². The molecule has 0 unspecified atom stereocenters. The van der Waals surface area contributed by atoms with Gasteiger partial charge in [-0.3, -0.25) is 4.98 Å². The molecule has 0 bridgehead atoms. The fourth-order valence-electron chi connectivity index (χ4n) is 4.96. The molecule has 0 saturated heterocycles. The lowest BCUT2D eigenvalue weighted by atomic mass is 9.94. The van der Waals surface area contributed by atoms with Gasteiger partial charge < -0.3 is 4.90 Å². The molecule has 5 nitrogen and oxygen atoms in total. The summed E-state index contributed by atoms with van der Waals surface area (Å²) in [6.45, 7) is 12.5. The molecule has 3 aromatic heterocycles. The molecule has 1 aliphatic rings. The Hall–Kier alpha value is -3.21.